The molecule has 0 radical (unpaired) electrons. The second-order valence-corrected chi connectivity index (χ2v) is 4.61. The van der Waals surface area contributed by atoms with Gasteiger partial charge in [0.15, 0.2) is 0 Å². The molecule has 3 aromatic rings. The predicted octanol–water partition coefficient (Wildman–Crippen LogP) is 2.05. The monoisotopic (exact) mass is 288 g/mol. The van der Waals surface area contributed by atoms with Crippen LogP contribution in [0, 0.1) is 0 Å². The molecule has 0 atom stereocenters. The fourth-order valence-corrected chi connectivity index (χ4v) is 2.13. The number of benzene rings is 1. The number of pyridine rings is 1. The summed E-state index contributed by atoms with van der Waals surface area (Å²) >= 11 is 6.04. The SMILES string of the molecule is O=c1oc2ncccc2c(=O)n1Cc1ccccc1Cl. The van der Waals surface area contributed by atoms with Crippen molar-refractivity contribution in [3.05, 3.63) is 74.1 Å². The number of rotatable bonds is 2. The third-order valence-electron chi connectivity index (χ3n) is 2.94. The maximum absolute atomic E-state index is 12.3. The molecule has 100 valence electrons. The molecule has 0 aliphatic heterocycles. The van der Waals surface area contributed by atoms with Crippen LogP contribution in [-0.4, -0.2) is 9.55 Å². The summed E-state index contributed by atoms with van der Waals surface area (Å²) in [6.45, 7) is 0.0612. The number of aromatic nitrogens is 2. The highest BCUT2D eigenvalue weighted by atomic mass is 35.5. The van der Waals surface area contributed by atoms with Crippen molar-refractivity contribution in [2.45, 2.75) is 6.54 Å². The average molecular weight is 289 g/mol. The molecule has 0 fully saturated rings. The second-order valence-electron chi connectivity index (χ2n) is 4.21. The molecule has 0 saturated heterocycles. The van der Waals surface area contributed by atoms with Crippen LogP contribution in [0.2, 0.25) is 5.02 Å². The highest BCUT2D eigenvalue weighted by Crippen LogP contribution is 2.15. The normalized spacial score (nSPS) is 10.8. The summed E-state index contributed by atoms with van der Waals surface area (Å²) in [7, 11) is 0. The van der Waals surface area contributed by atoms with Crippen LogP contribution in [-0.2, 0) is 6.54 Å². The molecular weight excluding hydrogens is 280 g/mol. The molecule has 5 nitrogen and oxygen atoms in total. The topological polar surface area (TPSA) is 65.1 Å². The van der Waals surface area contributed by atoms with Crippen molar-refractivity contribution in [1.29, 1.82) is 0 Å². The first-order chi connectivity index (χ1) is 9.66. The van der Waals surface area contributed by atoms with E-state index in [1.807, 2.05) is 0 Å². The molecule has 0 saturated carbocycles. The van der Waals surface area contributed by atoms with Crippen LogP contribution in [0.4, 0.5) is 0 Å². The van der Waals surface area contributed by atoms with Crippen LogP contribution < -0.4 is 11.3 Å². The lowest BCUT2D eigenvalue weighted by molar-refractivity contribution is 0.463. The zero-order valence-electron chi connectivity index (χ0n) is 10.2. The van der Waals surface area contributed by atoms with Crippen molar-refractivity contribution >= 4 is 22.7 Å². The van der Waals surface area contributed by atoms with Gasteiger partial charge in [-0.1, -0.05) is 29.8 Å². The minimum atomic E-state index is -0.749. The Kier molecular flexibility index (Phi) is 3.12. The van der Waals surface area contributed by atoms with E-state index < -0.39 is 11.3 Å². The van der Waals surface area contributed by atoms with Gasteiger partial charge in [-0.3, -0.25) is 4.79 Å². The molecule has 2 aromatic heterocycles. The fraction of sp³-hybridized carbons (Fsp3) is 0.0714. The molecule has 3 rings (SSSR count). The van der Waals surface area contributed by atoms with E-state index in [0.717, 1.165) is 4.57 Å². The maximum atomic E-state index is 12.3. The van der Waals surface area contributed by atoms with Crippen molar-refractivity contribution in [2.24, 2.45) is 0 Å². The first-order valence-corrected chi connectivity index (χ1v) is 6.26. The van der Waals surface area contributed by atoms with Gasteiger partial charge in [0.2, 0.25) is 5.71 Å². The van der Waals surface area contributed by atoms with Gasteiger partial charge in [0, 0.05) is 11.2 Å². The summed E-state index contributed by atoms with van der Waals surface area (Å²) in [5.74, 6) is -0.749. The number of halogens is 1. The van der Waals surface area contributed by atoms with E-state index in [1.165, 1.54) is 6.20 Å². The molecule has 0 aliphatic carbocycles. The largest absolute Gasteiger partial charge is 0.423 e. The zero-order chi connectivity index (χ0) is 14.1. The van der Waals surface area contributed by atoms with E-state index in [1.54, 1.807) is 36.4 Å². The van der Waals surface area contributed by atoms with Crippen molar-refractivity contribution in [1.82, 2.24) is 9.55 Å². The highest BCUT2D eigenvalue weighted by molar-refractivity contribution is 6.31. The third kappa shape index (κ3) is 2.12. The molecule has 0 N–H and O–H groups in total. The Bertz CT molecular complexity index is 899. The molecular formula is C14H9ClN2O3. The summed E-state index contributed by atoms with van der Waals surface area (Å²) in [6, 6.07) is 10.2. The number of hydrogen-bond acceptors (Lipinski definition) is 4. The summed E-state index contributed by atoms with van der Waals surface area (Å²) in [6.07, 6.45) is 1.46. The summed E-state index contributed by atoms with van der Waals surface area (Å²) in [5, 5.41) is 0.754. The van der Waals surface area contributed by atoms with Crippen LogP contribution in [0.25, 0.3) is 11.1 Å². The van der Waals surface area contributed by atoms with Gasteiger partial charge in [0.1, 0.15) is 5.39 Å². The number of fused-ring (bicyclic) bond motifs is 1. The van der Waals surface area contributed by atoms with Crippen molar-refractivity contribution in [3.8, 4) is 0 Å². The van der Waals surface area contributed by atoms with E-state index in [9.17, 15) is 9.59 Å². The molecule has 6 heteroatoms. The van der Waals surface area contributed by atoms with Crippen molar-refractivity contribution < 1.29 is 4.42 Å². The van der Waals surface area contributed by atoms with Crippen LogP contribution in [0.3, 0.4) is 0 Å². The first-order valence-electron chi connectivity index (χ1n) is 5.89. The maximum Gasteiger partial charge on any atom is 0.423 e. The van der Waals surface area contributed by atoms with Crippen molar-refractivity contribution in [3.63, 3.8) is 0 Å². The van der Waals surface area contributed by atoms with Gasteiger partial charge in [0.05, 0.1) is 6.54 Å². The Morgan fingerprint density at radius 1 is 1.15 bits per heavy atom. The lowest BCUT2D eigenvalue weighted by Crippen LogP contribution is -2.33. The van der Waals surface area contributed by atoms with Gasteiger partial charge in [-0.2, -0.15) is 0 Å². The lowest BCUT2D eigenvalue weighted by atomic mass is 10.2. The number of nitrogens with zero attached hydrogens (tertiary/aromatic N) is 2. The smallest absolute Gasteiger partial charge is 0.390 e. The van der Waals surface area contributed by atoms with Crippen LogP contribution in [0.15, 0.2) is 56.6 Å². The van der Waals surface area contributed by atoms with Crippen LogP contribution in [0.5, 0.6) is 0 Å². The fourth-order valence-electron chi connectivity index (χ4n) is 1.93. The van der Waals surface area contributed by atoms with E-state index in [0.29, 0.717) is 10.6 Å². The predicted molar refractivity (Wildman–Crippen MR) is 75.1 cm³/mol. The van der Waals surface area contributed by atoms with Gasteiger partial charge in [-0.05, 0) is 23.8 Å². The Balaban J connectivity index is 2.20. The van der Waals surface area contributed by atoms with Gasteiger partial charge in [-0.25, -0.2) is 14.3 Å². The Morgan fingerprint density at radius 2 is 1.95 bits per heavy atom. The standard InChI is InChI=1S/C14H9ClN2O3/c15-11-6-2-1-4-9(11)8-17-13(18)10-5-3-7-16-12(10)20-14(17)19/h1-7H,8H2. The average Bonchev–Trinajstić information content (AvgIpc) is 2.45. The van der Waals surface area contributed by atoms with Gasteiger partial charge < -0.3 is 4.42 Å². The third-order valence-corrected chi connectivity index (χ3v) is 3.31. The van der Waals surface area contributed by atoms with Gasteiger partial charge in [0.25, 0.3) is 5.56 Å². The zero-order valence-corrected chi connectivity index (χ0v) is 11.0. The molecule has 1 aromatic carbocycles. The molecule has 0 spiro atoms. The minimum absolute atomic E-state index is 0.0397. The second kappa shape index (κ2) is 4.94. The van der Waals surface area contributed by atoms with E-state index in [2.05, 4.69) is 4.98 Å². The molecule has 2 heterocycles. The molecule has 0 unspecified atom stereocenters. The summed E-state index contributed by atoms with van der Waals surface area (Å²) in [4.78, 5) is 28.0. The number of hydrogen-bond donors (Lipinski definition) is 0. The molecule has 20 heavy (non-hydrogen) atoms. The quantitative estimate of drug-likeness (QED) is 0.724. The van der Waals surface area contributed by atoms with E-state index >= 15 is 0 Å². The lowest BCUT2D eigenvalue weighted by Gasteiger charge is -2.06. The molecule has 0 aliphatic rings. The Labute approximate surface area is 118 Å². The first kappa shape index (κ1) is 12.6. The summed E-state index contributed by atoms with van der Waals surface area (Å²) < 4.78 is 6.04. The Hall–Kier alpha value is -2.40. The van der Waals surface area contributed by atoms with Gasteiger partial charge >= 0.3 is 5.76 Å². The Morgan fingerprint density at radius 3 is 2.75 bits per heavy atom. The highest BCUT2D eigenvalue weighted by Gasteiger charge is 2.11. The van der Waals surface area contributed by atoms with E-state index in [4.69, 9.17) is 16.0 Å². The van der Waals surface area contributed by atoms with Crippen LogP contribution in [0.1, 0.15) is 5.56 Å². The molecule has 0 amide bonds. The van der Waals surface area contributed by atoms with Crippen LogP contribution >= 0.6 is 11.6 Å². The van der Waals surface area contributed by atoms with Gasteiger partial charge in [-0.15, -0.1) is 0 Å². The molecule has 0 bridgehead atoms. The summed E-state index contributed by atoms with van der Waals surface area (Å²) in [5.41, 5.74) is 0.272. The van der Waals surface area contributed by atoms with Crippen molar-refractivity contribution in [2.75, 3.05) is 0 Å². The van der Waals surface area contributed by atoms with E-state index in [-0.39, 0.29) is 17.6 Å². The minimum Gasteiger partial charge on any atom is -0.390 e.